The molecule has 3 nitrogen and oxygen atoms in total. The Balaban J connectivity index is 1.55. The number of fused-ring (bicyclic) bond motifs is 1. The van der Waals surface area contributed by atoms with Crippen LogP contribution in [0.15, 0.2) is 0 Å². The van der Waals surface area contributed by atoms with E-state index in [1.54, 1.807) is 0 Å². The third-order valence-electron chi connectivity index (χ3n) is 4.77. The topological polar surface area (TPSA) is 32.3 Å². The van der Waals surface area contributed by atoms with Gasteiger partial charge in [-0.25, -0.2) is 8.78 Å². The highest BCUT2D eigenvalue weighted by Gasteiger charge is 2.50. The maximum absolute atomic E-state index is 12.8. The zero-order valence-electron chi connectivity index (χ0n) is 10.5. The van der Waals surface area contributed by atoms with E-state index in [1.807, 2.05) is 4.90 Å². The van der Waals surface area contributed by atoms with Crippen molar-refractivity contribution in [3.05, 3.63) is 0 Å². The Labute approximate surface area is 106 Å². The Morgan fingerprint density at radius 1 is 1.11 bits per heavy atom. The number of nitrogens with one attached hydrogen (secondary N) is 1. The normalized spacial score (nSPS) is 35.8. The van der Waals surface area contributed by atoms with Crippen molar-refractivity contribution < 1.29 is 13.6 Å². The molecule has 2 atom stereocenters. The maximum atomic E-state index is 12.8. The number of amides is 1. The summed E-state index contributed by atoms with van der Waals surface area (Å²) in [5.41, 5.74) is 0. The van der Waals surface area contributed by atoms with Crippen molar-refractivity contribution in [1.29, 1.82) is 0 Å². The maximum Gasteiger partial charge on any atom is 0.249 e. The van der Waals surface area contributed by atoms with Gasteiger partial charge in [0.25, 0.3) is 0 Å². The van der Waals surface area contributed by atoms with Crippen molar-refractivity contribution in [3.63, 3.8) is 0 Å². The fourth-order valence-electron chi connectivity index (χ4n) is 3.53. The van der Waals surface area contributed by atoms with Crippen LogP contribution in [0.1, 0.15) is 25.7 Å². The first-order chi connectivity index (χ1) is 8.55. The Bertz CT molecular complexity index is 326. The molecule has 0 spiro atoms. The molecule has 1 saturated carbocycles. The minimum absolute atomic E-state index is 0.0335. The molecule has 1 amide bonds. The SMILES string of the molecule is O=C(C1CC(F)(F)C1)N1CC[C@@H]2CNC[C@@H]2CC1. The Kier molecular flexibility index (Phi) is 3.04. The molecule has 2 heterocycles. The monoisotopic (exact) mass is 258 g/mol. The van der Waals surface area contributed by atoms with E-state index in [1.165, 1.54) is 0 Å². The molecule has 3 aliphatic rings. The summed E-state index contributed by atoms with van der Waals surface area (Å²) >= 11 is 0. The predicted octanol–water partition coefficient (Wildman–Crippen LogP) is 1.49. The number of halogens is 2. The number of nitrogens with zero attached hydrogens (tertiary/aromatic N) is 1. The number of hydrogen-bond donors (Lipinski definition) is 1. The second kappa shape index (κ2) is 4.44. The molecular weight excluding hydrogens is 238 g/mol. The second-order valence-corrected chi connectivity index (χ2v) is 6.04. The van der Waals surface area contributed by atoms with E-state index in [9.17, 15) is 13.6 Å². The van der Waals surface area contributed by atoms with E-state index in [2.05, 4.69) is 5.32 Å². The highest BCUT2D eigenvalue weighted by atomic mass is 19.3. The number of carbonyl (C=O) groups excluding carboxylic acids is 1. The van der Waals surface area contributed by atoms with Crippen LogP contribution in [0, 0.1) is 17.8 Å². The minimum atomic E-state index is -2.59. The first kappa shape index (κ1) is 12.3. The largest absolute Gasteiger partial charge is 0.342 e. The molecule has 102 valence electrons. The first-order valence-corrected chi connectivity index (χ1v) is 6.92. The second-order valence-electron chi connectivity index (χ2n) is 6.04. The van der Waals surface area contributed by atoms with Crippen molar-refractivity contribution >= 4 is 5.91 Å². The molecule has 1 N–H and O–H groups in total. The van der Waals surface area contributed by atoms with Crippen molar-refractivity contribution in [1.82, 2.24) is 10.2 Å². The summed E-state index contributed by atoms with van der Waals surface area (Å²) in [6.07, 6.45) is 1.56. The van der Waals surface area contributed by atoms with Gasteiger partial charge in [-0.3, -0.25) is 4.79 Å². The van der Waals surface area contributed by atoms with Crippen LogP contribution in [0.4, 0.5) is 8.78 Å². The van der Waals surface area contributed by atoms with E-state index >= 15 is 0 Å². The molecule has 0 radical (unpaired) electrons. The molecule has 2 aliphatic heterocycles. The van der Waals surface area contributed by atoms with Crippen LogP contribution in [0.3, 0.4) is 0 Å². The van der Waals surface area contributed by atoms with Gasteiger partial charge in [-0.2, -0.15) is 0 Å². The molecule has 3 fully saturated rings. The van der Waals surface area contributed by atoms with Crippen molar-refractivity contribution in [2.45, 2.75) is 31.6 Å². The molecule has 1 aliphatic carbocycles. The van der Waals surface area contributed by atoms with Gasteiger partial charge < -0.3 is 10.2 Å². The van der Waals surface area contributed by atoms with Crippen molar-refractivity contribution in [2.75, 3.05) is 26.2 Å². The summed E-state index contributed by atoms with van der Waals surface area (Å²) in [6, 6.07) is 0. The summed E-state index contributed by atoms with van der Waals surface area (Å²) in [4.78, 5) is 13.9. The quantitative estimate of drug-likeness (QED) is 0.773. The van der Waals surface area contributed by atoms with Gasteiger partial charge in [0.05, 0.1) is 0 Å². The van der Waals surface area contributed by atoms with Gasteiger partial charge in [0, 0.05) is 31.8 Å². The molecule has 0 unspecified atom stereocenters. The lowest BCUT2D eigenvalue weighted by Crippen LogP contribution is -2.47. The van der Waals surface area contributed by atoms with Gasteiger partial charge in [-0.1, -0.05) is 0 Å². The molecule has 0 aromatic rings. The predicted molar refractivity (Wildman–Crippen MR) is 63.3 cm³/mol. The molecule has 0 aromatic heterocycles. The van der Waals surface area contributed by atoms with E-state index in [0.29, 0.717) is 11.8 Å². The zero-order chi connectivity index (χ0) is 12.8. The third kappa shape index (κ3) is 2.25. The van der Waals surface area contributed by atoms with Gasteiger partial charge >= 0.3 is 0 Å². The fraction of sp³-hybridized carbons (Fsp3) is 0.923. The van der Waals surface area contributed by atoms with Crippen LogP contribution in [0.2, 0.25) is 0 Å². The fourth-order valence-corrected chi connectivity index (χ4v) is 3.53. The highest BCUT2D eigenvalue weighted by molar-refractivity contribution is 5.80. The van der Waals surface area contributed by atoms with E-state index in [0.717, 1.165) is 39.0 Å². The summed E-state index contributed by atoms with van der Waals surface area (Å²) in [6.45, 7) is 3.61. The van der Waals surface area contributed by atoms with Crippen molar-refractivity contribution in [2.24, 2.45) is 17.8 Å². The van der Waals surface area contributed by atoms with Crippen LogP contribution in [0.5, 0.6) is 0 Å². The van der Waals surface area contributed by atoms with E-state index in [4.69, 9.17) is 0 Å². The molecule has 0 bridgehead atoms. The Hall–Kier alpha value is -0.710. The number of hydrogen-bond acceptors (Lipinski definition) is 2. The molecule has 0 aromatic carbocycles. The summed E-state index contributed by atoms with van der Waals surface area (Å²) in [7, 11) is 0. The van der Waals surface area contributed by atoms with E-state index < -0.39 is 11.8 Å². The number of rotatable bonds is 1. The Morgan fingerprint density at radius 2 is 1.67 bits per heavy atom. The lowest BCUT2D eigenvalue weighted by atomic mass is 9.80. The van der Waals surface area contributed by atoms with Crippen LogP contribution >= 0.6 is 0 Å². The number of alkyl halides is 2. The van der Waals surface area contributed by atoms with Gasteiger partial charge in [0.2, 0.25) is 11.8 Å². The lowest BCUT2D eigenvalue weighted by Gasteiger charge is -2.37. The molecule has 18 heavy (non-hydrogen) atoms. The van der Waals surface area contributed by atoms with Crippen LogP contribution in [-0.4, -0.2) is 42.9 Å². The summed E-state index contributed by atoms with van der Waals surface area (Å²) in [5.74, 6) is -1.70. The van der Waals surface area contributed by atoms with E-state index in [-0.39, 0.29) is 18.7 Å². The Morgan fingerprint density at radius 3 is 2.17 bits per heavy atom. The molecule has 2 saturated heterocycles. The van der Waals surface area contributed by atoms with Gasteiger partial charge in [-0.05, 0) is 37.8 Å². The molecule has 5 heteroatoms. The molecule has 3 rings (SSSR count). The zero-order valence-corrected chi connectivity index (χ0v) is 10.5. The van der Waals surface area contributed by atoms with Crippen LogP contribution in [-0.2, 0) is 4.79 Å². The van der Waals surface area contributed by atoms with Crippen molar-refractivity contribution in [3.8, 4) is 0 Å². The average molecular weight is 258 g/mol. The van der Waals surface area contributed by atoms with Crippen LogP contribution in [0.25, 0.3) is 0 Å². The van der Waals surface area contributed by atoms with Gasteiger partial charge in [0.15, 0.2) is 0 Å². The standard InChI is InChI=1S/C13H20F2N2O/c14-13(15)5-11(6-13)12(18)17-3-1-9-7-16-8-10(9)2-4-17/h9-11,16H,1-8H2/t9-,10+. The summed E-state index contributed by atoms with van der Waals surface area (Å²) in [5, 5.41) is 3.39. The van der Waals surface area contributed by atoms with Crippen LogP contribution < -0.4 is 5.32 Å². The third-order valence-corrected chi connectivity index (χ3v) is 4.77. The number of likely N-dealkylation sites (tertiary alicyclic amines) is 1. The smallest absolute Gasteiger partial charge is 0.249 e. The minimum Gasteiger partial charge on any atom is -0.342 e. The molecular formula is C13H20F2N2O. The lowest BCUT2D eigenvalue weighted by molar-refractivity contribution is -0.159. The highest BCUT2D eigenvalue weighted by Crippen LogP contribution is 2.43. The number of carbonyl (C=O) groups is 1. The average Bonchev–Trinajstić information content (AvgIpc) is 2.64. The van der Waals surface area contributed by atoms with Gasteiger partial charge in [0.1, 0.15) is 0 Å². The van der Waals surface area contributed by atoms with Gasteiger partial charge in [-0.15, -0.1) is 0 Å². The first-order valence-electron chi connectivity index (χ1n) is 6.92. The summed E-state index contributed by atoms with van der Waals surface area (Å²) < 4.78 is 25.6.